The molecule has 0 saturated carbocycles. The third-order valence-electron chi connectivity index (χ3n) is 3.22. The molecule has 1 unspecified atom stereocenters. The molecule has 0 bridgehead atoms. The van der Waals surface area contributed by atoms with Crippen molar-refractivity contribution in [1.29, 1.82) is 0 Å². The lowest BCUT2D eigenvalue weighted by Gasteiger charge is -2.19. The molecular formula is C15H24N2O. The van der Waals surface area contributed by atoms with Crippen molar-refractivity contribution in [1.82, 2.24) is 0 Å². The number of amides is 1. The zero-order valence-corrected chi connectivity index (χ0v) is 11.9. The van der Waals surface area contributed by atoms with Crippen LogP contribution in [0.5, 0.6) is 0 Å². The van der Waals surface area contributed by atoms with E-state index in [0.29, 0.717) is 18.9 Å². The van der Waals surface area contributed by atoms with E-state index < -0.39 is 0 Å². The molecule has 100 valence electrons. The standard InChI is InChI=1S/C15H24N2O/c1-11(10-16)5-6-15(18)17(4)14-8-12(2)7-13(3)9-14/h7-9,11H,5-6,10,16H2,1-4H3. The minimum absolute atomic E-state index is 0.153. The Morgan fingerprint density at radius 3 is 2.33 bits per heavy atom. The summed E-state index contributed by atoms with van der Waals surface area (Å²) >= 11 is 0. The van der Waals surface area contributed by atoms with Gasteiger partial charge in [0.15, 0.2) is 0 Å². The largest absolute Gasteiger partial charge is 0.330 e. The van der Waals surface area contributed by atoms with Crippen LogP contribution in [0, 0.1) is 19.8 Å². The van der Waals surface area contributed by atoms with Crippen molar-refractivity contribution in [2.75, 3.05) is 18.5 Å². The smallest absolute Gasteiger partial charge is 0.226 e. The molecule has 0 spiro atoms. The third kappa shape index (κ3) is 4.15. The minimum atomic E-state index is 0.153. The Morgan fingerprint density at radius 2 is 1.83 bits per heavy atom. The van der Waals surface area contributed by atoms with Crippen molar-refractivity contribution in [3.8, 4) is 0 Å². The average Bonchev–Trinajstić information content (AvgIpc) is 2.33. The lowest BCUT2D eigenvalue weighted by atomic mass is 10.1. The van der Waals surface area contributed by atoms with Crippen molar-refractivity contribution in [3.05, 3.63) is 29.3 Å². The zero-order valence-electron chi connectivity index (χ0n) is 11.9. The Kier molecular flexibility index (Phi) is 5.35. The summed E-state index contributed by atoms with van der Waals surface area (Å²) < 4.78 is 0. The molecule has 0 saturated heterocycles. The molecule has 0 aromatic heterocycles. The van der Waals surface area contributed by atoms with Gasteiger partial charge in [0.1, 0.15) is 0 Å². The van der Waals surface area contributed by atoms with E-state index >= 15 is 0 Å². The van der Waals surface area contributed by atoms with Crippen molar-refractivity contribution >= 4 is 11.6 Å². The Labute approximate surface area is 110 Å². The number of anilines is 1. The van der Waals surface area contributed by atoms with E-state index in [2.05, 4.69) is 13.0 Å². The van der Waals surface area contributed by atoms with Gasteiger partial charge in [-0.1, -0.05) is 13.0 Å². The maximum absolute atomic E-state index is 12.1. The topological polar surface area (TPSA) is 46.3 Å². The van der Waals surface area contributed by atoms with E-state index in [4.69, 9.17) is 5.73 Å². The summed E-state index contributed by atoms with van der Waals surface area (Å²) in [6.45, 7) is 6.81. The second-order valence-electron chi connectivity index (χ2n) is 5.18. The predicted molar refractivity (Wildman–Crippen MR) is 76.8 cm³/mol. The van der Waals surface area contributed by atoms with Gasteiger partial charge >= 0.3 is 0 Å². The highest BCUT2D eigenvalue weighted by Gasteiger charge is 2.12. The van der Waals surface area contributed by atoms with E-state index in [9.17, 15) is 4.79 Å². The van der Waals surface area contributed by atoms with Crippen LogP contribution in [0.1, 0.15) is 30.9 Å². The van der Waals surface area contributed by atoms with Crippen LogP contribution in [0.3, 0.4) is 0 Å². The molecule has 1 rings (SSSR count). The fourth-order valence-corrected chi connectivity index (χ4v) is 1.94. The van der Waals surface area contributed by atoms with Crippen LogP contribution in [0.15, 0.2) is 18.2 Å². The maximum Gasteiger partial charge on any atom is 0.226 e. The number of rotatable bonds is 5. The first kappa shape index (κ1) is 14.7. The highest BCUT2D eigenvalue weighted by Crippen LogP contribution is 2.19. The summed E-state index contributed by atoms with van der Waals surface area (Å²) in [5, 5.41) is 0. The number of nitrogens with two attached hydrogens (primary N) is 1. The molecule has 1 aromatic carbocycles. The van der Waals surface area contributed by atoms with Gasteiger partial charge in [-0.2, -0.15) is 0 Å². The second-order valence-corrected chi connectivity index (χ2v) is 5.18. The van der Waals surface area contributed by atoms with Gasteiger partial charge in [-0.25, -0.2) is 0 Å². The molecule has 0 heterocycles. The van der Waals surface area contributed by atoms with Crippen molar-refractivity contribution in [2.24, 2.45) is 11.7 Å². The Bertz CT molecular complexity index is 395. The maximum atomic E-state index is 12.1. The molecule has 3 nitrogen and oxygen atoms in total. The quantitative estimate of drug-likeness (QED) is 0.870. The summed E-state index contributed by atoms with van der Waals surface area (Å²) in [5.41, 5.74) is 8.89. The van der Waals surface area contributed by atoms with Crippen LogP contribution < -0.4 is 10.6 Å². The number of benzene rings is 1. The first-order chi connectivity index (χ1) is 8.43. The van der Waals surface area contributed by atoms with Gasteiger partial charge in [0, 0.05) is 19.2 Å². The van der Waals surface area contributed by atoms with Crippen LogP contribution in [0.25, 0.3) is 0 Å². The summed E-state index contributed by atoms with van der Waals surface area (Å²) in [6.07, 6.45) is 1.41. The second kappa shape index (κ2) is 6.55. The summed E-state index contributed by atoms with van der Waals surface area (Å²) in [6, 6.07) is 6.19. The number of nitrogens with zero attached hydrogens (tertiary/aromatic N) is 1. The van der Waals surface area contributed by atoms with E-state index in [1.54, 1.807) is 4.90 Å². The molecule has 1 aromatic rings. The Balaban J connectivity index is 2.68. The molecule has 0 aliphatic carbocycles. The van der Waals surface area contributed by atoms with Gasteiger partial charge in [0.05, 0.1) is 0 Å². The number of hydrogen-bond donors (Lipinski definition) is 1. The van der Waals surface area contributed by atoms with Crippen LogP contribution >= 0.6 is 0 Å². The van der Waals surface area contributed by atoms with Gasteiger partial charge in [-0.05, 0) is 56.0 Å². The van der Waals surface area contributed by atoms with Crippen LogP contribution in [-0.4, -0.2) is 19.5 Å². The molecule has 3 heteroatoms. The summed E-state index contributed by atoms with van der Waals surface area (Å²) in [7, 11) is 1.84. The number of aryl methyl sites for hydroxylation is 2. The SMILES string of the molecule is Cc1cc(C)cc(N(C)C(=O)CCC(C)CN)c1. The molecule has 0 aliphatic rings. The van der Waals surface area contributed by atoms with E-state index in [1.807, 2.05) is 33.0 Å². The molecule has 0 radical (unpaired) electrons. The monoisotopic (exact) mass is 248 g/mol. The molecule has 2 N–H and O–H groups in total. The first-order valence-corrected chi connectivity index (χ1v) is 6.49. The van der Waals surface area contributed by atoms with Gasteiger partial charge in [0.25, 0.3) is 0 Å². The Hall–Kier alpha value is -1.35. The highest BCUT2D eigenvalue weighted by molar-refractivity contribution is 5.92. The minimum Gasteiger partial charge on any atom is -0.330 e. The Morgan fingerprint density at radius 1 is 1.28 bits per heavy atom. The molecule has 0 fully saturated rings. The first-order valence-electron chi connectivity index (χ1n) is 6.49. The predicted octanol–water partition coefficient (Wildman–Crippen LogP) is 2.64. The molecular weight excluding hydrogens is 224 g/mol. The lowest BCUT2D eigenvalue weighted by molar-refractivity contribution is -0.118. The van der Waals surface area contributed by atoms with Gasteiger partial charge in [-0.3, -0.25) is 4.79 Å². The van der Waals surface area contributed by atoms with Gasteiger partial charge in [-0.15, -0.1) is 0 Å². The molecule has 18 heavy (non-hydrogen) atoms. The normalized spacial score (nSPS) is 12.3. The van der Waals surface area contributed by atoms with Gasteiger partial charge < -0.3 is 10.6 Å². The number of hydrogen-bond acceptors (Lipinski definition) is 2. The van der Waals surface area contributed by atoms with Gasteiger partial charge in [0.2, 0.25) is 5.91 Å². The van der Waals surface area contributed by atoms with E-state index in [1.165, 1.54) is 11.1 Å². The van der Waals surface area contributed by atoms with Crippen LogP contribution in [0.4, 0.5) is 5.69 Å². The molecule has 0 aliphatic heterocycles. The number of carbonyl (C=O) groups excluding carboxylic acids is 1. The van der Waals surface area contributed by atoms with Crippen molar-refractivity contribution in [3.63, 3.8) is 0 Å². The summed E-state index contributed by atoms with van der Waals surface area (Å²) in [5.74, 6) is 0.557. The molecule has 1 amide bonds. The third-order valence-corrected chi connectivity index (χ3v) is 3.22. The fraction of sp³-hybridized carbons (Fsp3) is 0.533. The van der Waals surface area contributed by atoms with Crippen molar-refractivity contribution < 1.29 is 4.79 Å². The highest BCUT2D eigenvalue weighted by atomic mass is 16.2. The fourth-order valence-electron chi connectivity index (χ4n) is 1.94. The zero-order chi connectivity index (χ0) is 13.7. The van der Waals surface area contributed by atoms with Crippen LogP contribution in [-0.2, 0) is 4.79 Å². The van der Waals surface area contributed by atoms with Crippen LogP contribution in [0.2, 0.25) is 0 Å². The summed E-state index contributed by atoms with van der Waals surface area (Å²) in [4.78, 5) is 13.8. The van der Waals surface area contributed by atoms with E-state index in [0.717, 1.165) is 12.1 Å². The van der Waals surface area contributed by atoms with Crippen molar-refractivity contribution in [2.45, 2.75) is 33.6 Å². The lowest BCUT2D eigenvalue weighted by Crippen LogP contribution is -2.27. The number of carbonyl (C=O) groups is 1. The average molecular weight is 248 g/mol. The molecule has 1 atom stereocenters. The van der Waals surface area contributed by atoms with E-state index in [-0.39, 0.29) is 5.91 Å².